The summed E-state index contributed by atoms with van der Waals surface area (Å²) in [5.74, 6) is 0.758. The Morgan fingerprint density at radius 2 is 1.83 bits per heavy atom. The van der Waals surface area contributed by atoms with Crippen LogP contribution < -0.4 is 16.0 Å². The van der Waals surface area contributed by atoms with E-state index in [1.54, 1.807) is 11.6 Å². The fourth-order valence-corrected chi connectivity index (χ4v) is 2.92. The van der Waals surface area contributed by atoms with Crippen molar-refractivity contribution in [3.8, 4) is 5.75 Å². The minimum absolute atomic E-state index is 0.352. The van der Waals surface area contributed by atoms with Gasteiger partial charge in [-0.2, -0.15) is 0 Å². The molecule has 0 aliphatic rings. The average Bonchev–Trinajstić information content (AvgIpc) is 2.89. The standard InChI is InChI=1S/C15H15BrN4O3/c1-18-12-11(13(21)19(2)15(18)22)20(14(16)17-12)8-9-23-10-6-4-3-5-7-10/h3-7H,8-9H2,1-2H3. The van der Waals surface area contributed by atoms with Crippen LogP contribution in [0.2, 0.25) is 0 Å². The number of benzene rings is 1. The number of aryl methyl sites for hydroxylation is 1. The molecule has 0 atom stereocenters. The molecule has 8 heteroatoms. The molecule has 1 aromatic carbocycles. The van der Waals surface area contributed by atoms with Gasteiger partial charge in [0.05, 0.1) is 6.54 Å². The van der Waals surface area contributed by atoms with Gasteiger partial charge in [-0.05, 0) is 28.1 Å². The van der Waals surface area contributed by atoms with Crippen LogP contribution in [0.4, 0.5) is 0 Å². The first-order valence-electron chi connectivity index (χ1n) is 7.00. The second kappa shape index (κ2) is 6.04. The predicted octanol–water partition coefficient (Wildman–Crippen LogP) is 1.28. The third-order valence-corrected chi connectivity index (χ3v) is 4.23. The van der Waals surface area contributed by atoms with Crippen LogP contribution in [0.25, 0.3) is 11.2 Å². The van der Waals surface area contributed by atoms with E-state index in [2.05, 4.69) is 20.9 Å². The summed E-state index contributed by atoms with van der Waals surface area (Å²) in [6.07, 6.45) is 0. The van der Waals surface area contributed by atoms with Gasteiger partial charge in [0.25, 0.3) is 5.56 Å². The molecule has 0 fully saturated rings. The second-order valence-electron chi connectivity index (χ2n) is 5.07. The number of hydrogen-bond donors (Lipinski definition) is 0. The zero-order chi connectivity index (χ0) is 16.6. The van der Waals surface area contributed by atoms with E-state index < -0.39 is 5.69 Å². The molecule has 0 radical (unpaired) electrons. The summed E-state index contributed by atoms with van der Waals surface area (Å²) in [6, 6.07) is 9.43. The Balaban J connectivity index is 1.97. The van der Waals surface area contributed by atoms with E-state index in [9.17, 15) is 9.59 Å². The lowest BCUT2D eigenvalue weighted by molar-refractivity contribution is 0.299. The van der Waals surface area contributed by atoms with Crippen molar-refractivity contribution in [2.75, 3.05) is 6.61 Å². The fourth-order valence-electron chi connectivity index (χ4n) is 2.40. The Labute approximate surface area is 139 Å². The number of fused-ring (bicyclic) bond motifs is 1. The molecular weight excluding hydrogens is 364 g/mol. The predicted molar refractivity (Wildman–Crippen MR) is 89.9 cm³/mol. The maximum absolute atomic E-state index is 12.4. The monoisotopic (exact) mass is 378 g/mol. The van der Waals surface area contributed by atoms with Crippen molar-refractivity contribution in [3.05, 3.63) is 55.9 Å². The van der Waals surface area contributed by atoms with Crippen LogP contribution in [-0.2, 0) is 20.6 Å². The summed E-state index contributed by atoms with van der Waals surface area (Å²) in [6.45, 7) is 0.805. The summed E-state index contributed by atoms with van der Waals surface area (Å²) in [7, 11) is 3.05. The fraction of sp³-hybridized carbons (Fsp3) is 0.267. The minimum atomic E-state index is -0.403. The number of para-hydroxylation sites is 1. The molecule has 0 unspecified atom stereocenters. The van der Waals surface area contributed by atoms with Crippen LogP contribution in [0.1, 0.15) is 0 Å². The van der Waals surface area contributed by atoms with Crippen LogP contribution in [0.3, 0.4) is 0 Å². The van der Waals surface area contributed by atoms with Crippen molar-refractivity contribution in [2.45, 2.75) is 6.54 Å². The Bertz CT molecular complexity index is 972. The molecule has 0 saturated carbocycles. The molecular formula is C15H15BrN4O3. The Hall–Kier alpha value is -2.35. The van der Waals surface area contributed by atoms with Gasteiger partial charge < -0.3 is 9.30 Å². The lowest BCUT2D eigenvalue weighted by atomic mass is 10.3. The maximum atomic E-state index is 12.4. The van der Waals surface area contributed by atoms with Crippen LogP contribution in [0, 0.1) is 0 Å². The van der Waals surface area contributed by atoms with Crippen molar-refractivity contribution < 1.29 is 4.74 Å². The highest BCUT2D eigenvalue weighted by Gasteiger charge is 2.17. The zero-order valence-electron chi connectivity index (χ0n) is 12.7. The summed E-state index contributed by atoms with van der Waals surface area (Å²) in [4.78, 5) is 28.6. The van der Waals surface area contributed by atoms with Gasteiger partial charge in [0.15, 0.2) is 15.9 Å². The van der Waals surface area contributed by atoms with E-state index in [4.69, 9.17) is 4.74 Å². The highest BCUT2D eigenvalue weighted by molar-refractivity contribution is 9.10. The molecule has 3 rings (SSSR count). The number of aromatic nitrogens is 4. The lowest BCUT2D eigenvalue weighted by Gasteiger charge is -2.09. The lowest BCUT2D eigenvalue weighted by Crippen LogP contribution is -2.37. The van der Waals surface area contributed by atoms with Crippen LogP contribution in [0.15, 0.2) is 44.7 Å². The number of rotatable bonds is 4. The van der Waals surface area contributed by atoms with E-state index in [1.807, 2.05) is 30.3 Å². The molecule has 2 aromatic heterocycles. The molecule has 0 saturated heterocycles. The van der Waals surface area contributed by atoms with Crippen LogP contribution in [-0.4, -0.2) is 25.3 Å². The molecule has 0 spiro atoms. The third-order valence-electron chi connectivity index (χ3n) is 3.63. The molecule has 7 nitrogen and oxygen atoms in total. The van der Waals surface area contributed by atoms with E-state index in [1.165, 1.54) is 11.6 Å². The van der Waals surface area contributed by atoms with E-state index in [-0.39, 0.29) is 5.56 Å². The Kier molecular flexibility index (Phi) is 4.08. The van der Waals surface area contributed by atoms with Crippen LogP contribution in [0.5, 0.6) is 5.75 Å². The largest absolute Gasteiger partial charge is 0.492 e. The first-order valence-corrected chi connectivity index (χ1v) is 7.79. The Morgan fingerprint density at radius 1 is 1.13 bits per heavy atom. The third kappa shape index (κ3) is 2.70. The SMILES string of the molecule is Cn1c(=O)c2c(nc(Br)n2CCOc2ccccc2)n(C)c1=O. The summed E-state index contributed by atoms with van der Waals surface area (Å²) in [5.41, 5.74) is -0.0518. The van der Waals surface area contributed by atoms with Gasteiger partial charge in [0, 0.05) is 14.1 Å². The summed E-state index contributed by atoms with van der Waals surface area (Å²) >= 11 is 3.35. The molecule has 0 bridgehead atoms. The molecule has 0 amide bonds. The van der Waals surface area contributed by atoms with Gasteiger partial charge in [-0.25, -0.2) is 9.78 Å². The number of imidazole rings is 1. The number of ether oxygens (including phenoxy) is 1. The van der Waals surface area contributed by atoms with Gasteiger partial charge in [0.2, 0.25) is 0 Å². The van der Waals surface area contributed by atoms with Gasteiger partial charge in [0.1, 0.15) is 12.4 Å². The van der Waals surface area contributed by atoms with Crippen molar-refractivity contribution in [2.24, 2.45) is 14.1 Å². The highest BCUT2D eigenvalue weighted by Crippen LogP contribution is 2.16. The topological polar surface area (TPSA) is 71.0 Å². The first kappa shape index (κ1) is 15.5. The van der Waals surface area contributed by atoms with Crippen molar-refractivity contribution in [1.29, 1.82) is 0 Å². The summed E-state index contributed by atoms with van der Waals surface area (Å²) < 4.78 is 10.3. The van der Waals surface area contributed by atoms with Gasteiger partial charge in [-0.1, -0.05) is 18.2 Å². The van der Waals surface area contributed by atoms with Gasteiger partial charge >= 0.3 is 5.69 Å². The first-order chi connectivity index (χ1) is 11.0. The normalized spacial score (nSPS) is 11.1. The van der Waals surface area contributed by atoms with Gasteiger partial charge in [-0.15, -0.1) is 0 Å². The molecule has 0 aliphatic carbocycles. The van der Waals surface area contributed by atoms with E-state index in [0.29, 0.717) is 29.0 Å². The van der Waals surface area contributed by atoms with Crippen molar-refractivity contribution in [3.63, 3.8) is 0 Å². The number of nitrogens with zero attached hydrogens (tertiary/aromatic N) is 4. The zero-order valence-corrected chi connectivity index (χ0v) is 14.3. The maximum Gasteiger partial charge on any atom is 0.332 e. The smallest absolute Gasteiger partial charge is 0.332 e. The molecule has 2 heterocycles. The molecule has 23 heavy (non-hydrogen) atoms. The highest BCUT2D eigenvalue weighted by atomic mass is 79.9. The number of halogens is 1. The van der Waals surface area contributed by atoms with Crippen molar-refractivity contribution in [1.82, 2.24) is 18.7 Å². The molecule has 3 aromatic rings. The van der Waals surface area contributed by atoms with Gasteiger partial charge in [-0.3, -0.25) is 13.9 Å². The number of hydrogen-bond acceptors (Lipinski definition) is 4. The minimum Gasteiger partial charge on any atom is -0.492 e. The molecule has 0 aliphatic heterocycles. The van der Waals surface area contributed by atoms with E-state index in [0.717, 1.165) is 10.3 Å². The average molecular weight is 379 g/mol. The molecule has 120 valence electrons. The molecule has 0 N–H and O–H groups in total. The quantitative estimate of drug-likeness (QED) is 0.641. The van der Waals surface area contributed by atoms with Crippen LogP contribution >= 0.6 is 15.9 Å². The second-order valence-corrected chi connectivity index (χ2v) is 5.78. The Morgan fingerprint density at radius 3 is 2.52 bits per heavy atom. The summed E-state index contributed by atoms with van der Waals surface area (Å²) in [5, 5.41) is 0. The van der Waals surface area contributed by atoms with E-state index >= 15 is 0 Å². The van der Waals surface area contributed by atoms with Crippen molar-refractivity contribution >= 4 is 27.1 Å².